The van der Waals surface area contributed by atoms with Crippen molar-refractivity contribution in [3.05, 3.63) is 59.5 Å². The Balaban J connectivity index is 1.54. The highest BCUT2D eigenvalue weighted by molar-refractivity contribution is 5.77. The van der Waals surface area contributed by atoms with E-state index in [4.69, 9.17) is 5.73 Å². The van der Waals surface area contributed by atoms with Gasteiger partial charge in [-0.3, -0.25) is 4.79 Å². The van der Waals surface area contributed by atoms with Crippen LogP contribution in [0.2, 0.25) is 0 Å². The third-order valence-corrected chi connectivity index (χ3v) is 5.36. The Morgan fingerprint density at radius 2 is 1.76 bits per heavy atom. The zero-order valence-electron chi connectivity index (χ0n) is 17.4. The van der Waals surface area contributed by atoms with E-state index in [2.05, 4.69) is 20.3 Å². The van der Waals surface area contributed by atoms with Gasteiger partial charge in [-0.15, -0.1) is 15.3 Å². The van der Waals surface area contributed by atoms with E-state index >= 15 is 0 Å². The van der Waals surface area contributed by atoms with Gasteiger partial charge in [-0.05, 0) is 18.1 Å². The molecule has 0 bridgehead atoms. The molecular formula is C19H18F6N8O. The van der Waals surface area contributed by atoms with Crippen LogP contribution in [0.1, 0.15) is 29.7 Å². The number of amides is 1. The molecule has 1 unspecified atom stereocenters. The van der Waals surface area contributed by atoms with Gasteiger partial charge in [-0.25, -0.2) is 22.8 Å². The van der Waals surface area contributed by atoms with Crippen molar-refractivity contribution >= 4 is 5.91 Å². The van der Waals surface area contributed by atoms with Gasteiger partial charge in [0, 0.05) is 25.1 Å². The van der Waals surface area contributed by atoms with Crippen LogP contribution in [0.3, 0.4) is 0 Å². The fraction of sp³-hybridized carbons (Fsp3) is 0.421. The van der Waals surface area contributed by atoms with Crippen molar-refractivity contribution < 1.29 is 31.1 Å². The van der Waals surface area contributed by atoms with Gasteiger partial charge >= 0.3 is 6.18 Å². The number of hydrogen-bond donors (Lipinski definition) is 1. The van der Waals surface area contributed by atoms with Crippen LogP contribution in [0.15, 0.2) is 24.8 Å². The summed E-state index contributed by atoms with van der Waals surface area (Å²) in [5.74, 6) is -5.52. The van der Waals surface area contributed by atoms with Gasteiger partial charge in [-0.2, -0.15) is 13.2 Å². The second-order valence-corrected chi connectivity index (χ2v) is 7.80. The number of rotatable bonds is 6. The molecule has 1 aliphatic rings. The van der Waals surface area contributed by atoms with Gasteiger partial charge in [0.25, 0.3) is 5.82 Å². The summed E-state index contributed by atoms with van der Waals surface area (Å²) in [5, 5.41) is 10.8. The van der Waals surface area contributed by atoms with Gasteiger partial charge in [0.05, 0.1) is 13.1 Å². The summed E-state index contributed by atoms with van der Waals surface area (Å²) in [5.41, 5.74) is 5.77. The van der Waals surface area contributed by atoms with Gasteiger partial charge in [0.2, 0.25) is 5.91 Å². The molecule has 3 heterocycles. The Morgan fingerprint density at radius 1 is 1.09 bits per heavy atom. The molecule has 182 valence electrons. The van der Waals surface area contributed by atoms with Crippen LogP contribution in [0.5, 0.6) is 0 Å². The Bertz CT molecular complexity index is 1180. The molecule has 34 heavy (non-hydrogen) atoms. The first kappa shape index (κ1) is 23.7. The molecule has 15 heteroatoms. The standard InChI is InChI=1S/C19H18F6N8O/c20-12-6-14(22)13(21)4-10(12)3-11(26)5-16(34)32-1-2-33-17(29-18(30-33)19(23,24)25)15(32)7-31-8-27-28-9-31/h4,6,8-9,11,15H,1-3,5,7,26H2/t11-,15?/m1/s1. The van der Waals surface area contributed by atoms with Crippen molar-refractivity contribution in [3.63, 3.8) is 0 Å². The number of halogens is 6. The second kappa shape index (κ2) is 9.04. The number of benzene rings is 1. The highest BCUT2D eigenvalue weighted by Crippen LogP contribution is 2.32. The maximum atomic E-state index is 13.9. The van der Waals surface area contributed by atoms with Crippen molar-refractivity contribution in [2.45, 2.75) is 44.2 Å². The Morgan fingerprint density at radius 3 is 2.44 bits per heavy atom. The zero-order valence-corrected chi connectivity index (χ0v) is 17.4. The lowest BCUT2D eigenvalue weighted by atomic mass is 10.0. The average Bonchev–Trinajstić information content (AvgIpc) is 3.41. The maximum Gasteiger partial charge on any atom is 0.453 e. The summed E-state index contributed by atoms with van der Waals surface area (Å²) in [6.45, 7) is -0.0107. The lowest BCUT2D eigenvalue weighted by molar-refractivity contribution is -0.145. The molecule has 3 aromatic rings. The number of nitrogens with zero attached hydrogens (tertiary/aromatic N) is 7. The van der Waals surface area contributed by atoms with Crippen molar-refractivity contribution in [3.8, 4) is 0 Å². The zero-order chi connectivity index (χ0) is 24.6. The molecule has 0 spiro atoms. The van der Waals surface area contributed by atoms with Crippen LogP contribution >= 0.6 is 0 Å². The first-order chi connectivity index (χ1) is 16.0. The van der Waals surface area contributed by atoms with E-state index in [0.717, 1.165) is 4.68 Å². The first-order valence-corrected chi connectivity index (χ1v) is 10.1. The minimum atomic E-state index is -4.77. The molecule has 1 amide bonds. The molecule has 1 aromatic carbocycles. The number of alkyl halides is 3. The molecule has 9 nitrogen and oxygen atoms in total. The SMILES string of the molecule is N[C@@H](CC(=O)N1CCn2nc(C(F)(F)F)nc2C1Cn1cnnc1)Cc1cc(F)c(F)cc1F. The summed E-state index contributed by atoms with van der Waals surface area (Å²) in [7, 11) is 0. The van der Waals surface area contributed by atoms with Crippen molar-refractivity contribution in [2.75, 3.05) is 6.54 Å². The largest absolute Gasteiger partial charge is 0.453 e. The van der Waals surface area contributed by atoms with Crippen LogP contribution < -0.4 is 5.73 Å². The number of nitrogens with two attached hydrogens (primary N) is 1. The van der Waals surface area contributed by atoms with E-state index in [9.17, 15) is 31.1 Å². The molecule has 0 aliphatic carbocycles. The topological polar surface area (TPSA) is 108 Å². The summed E-state index contributed by atoms with van der Waals surface area (Å²) in [6, 6.07) is -0.836. The van der Waals surface area contributed by atoms with Crippen LogP contribution in [0, 0.1) is 17.5 Å². The molecule has 2 aromatic heterocycles. The Hall–Kier alpha value is -3.49. The Kier molecular flexibility index (Phi) is 6.29. The lowest BCUT2D eigenvalue weighted by Crippen LogP contribution is -2.46. The van der Waals surface area contributed by atoms with Crippen molar-refractivity contribution in [1.29, 1.82) is 0 Å². The molecule has 0 saturated carbocycles. The summed E-state index contributed by atoms with van der Waals surface area (Å²) >= 11 is 0. The monoisotopic (exact) mass is 488 g/mol. The Labute approximate surface area is 188 Å². The third kappa shape index (κ3) is 4.88. The summed E-state index contributed by atoms with van der Waals surface area (Å²) in [6.07, 6.45) is -2.68. The van der Waals surface area contributed by atoms with E-state index in [-0.39, 0.29) is 43.9 Å². The predicted octanol–water partition coefficient (Wildman–Crippen LogP) is 1.85. The fourth-order valence-corrected chi connectivity index (χ4v) is 3.79. The summed E-state index contributed by atoms with van der Waals surface area (Å²) < 4.78 is 82.6. The second-order valence-electron chi connectivity index (χ2n) is 7.80. The van der Waals surface area contributed by atoms with E-state index in [1.54, 1.807) is 0 Å². The first-order valence-electron chi connectivity index (χ1n) is 10.1. The van der Waals surface area contributed by atoms with E-state index < -0.39 is 47.4 Å². The molecule has 2 atom stereocenters. The molecule has 0 fully saturated rings. The number of fused-ring (bicyclic) bond motifs is 1. The summed E-state index contributed by atoms with van der Waals surface area (Å²) in [4.78, 5) is 18.0. The van der Waals surface area contributed by atoms with E-state index in [1.807, 2.05) is 0 Å². The number of carbonyl (C=O) groups is 1. The predicted molar refractivity (Wildman–Crippen MR) is 102 cm³/mol. The number of carbonyl (C=O) groups excluding carboxylic acids is 1. The van der Waals surface area contributed by atoms with Crippen LogP contribution in [-0.2, 0) is 30.5 Å². The fourth-order valence-electron chi connectivity index (χ4n) is 3.79. The normalized spacial score (nSPS) is 17.0. The molecule has 0 saturated heterocycles. The van der Waals surface area contributed by atoms with Crippen LogP contribution in [0.25, 0.3) is 0 Å². The van der Waals surface area contributed by atoms with Crippen molar-refractivity contribution in [2.24, 2.45) is 5.73 Å². The highest BCUT2D eigenvalue weighted by atomic mass is 19.4. The lowest BCUT2D eigenvalue weighted by Gasteiger charge is -2.35. The van der Waals surface area contributed by atoms with Gasteiger partial charge in [-0.1, -0.05) is 0 Å². The minimum Gasteiger partial charge on any atom is -0.329 e. The minimum absolute atomic E-state index is 0.00176. The van der Waals surface area contributed by atoms with Gasteiger partial charge in [0.1, 0.15) is 24.5 Å². The van der Waals surface area contributed by atoms with Crippen molar-refractivity contribution in [1.82, 2.24) is 34.4 Å². The quantitative estimate of drug-likeness (QED) is 0.419. The highest BCUT2D eigenvalue weighted by Gasteiger charge is 2.41. The average molecular weight is 488 g/mol. The van der Waals surface area contributed by atoms with E-state index in [1.165, 1.54) is 22.1 Å². The molecule has 0 radical (unpaired) electrons. The molecule has 1 aliphatic heterocycles. The number of aromatic nitrogens is 6. The van der Waals surface area contributed by atoms with Gasteiger partial charge < -0.3 is 15.2 Å². The number of hydrogen-bond acceptors (Lipinski definition) is 6. The van der Waals surface area contributed by atoms with E-state index in [0.29, 0.717) is 12.1 Å². The van der Waals surface area contributed by atoms with Crippen LogP contribution in [0.4, 0.5) is 26.3 Å². The smallest absolute Gasteiger partial charge is 0.329 e. The van der Waals surface area contributed by atoms with Crippen LogP contribution in [-0.4, -0.2) is 52.9 Å². The molecule has 2 N–H and O–H groups in total. The third-order valence-electron chi connectivity index (χ3n) is 5.36. The molecule has 4 rings (SSSR count). The molecular weight excluding hydrogens is 470 g/mol. The maximum absolute atomic E-state index is 13.9. The van der Waals surface area contributed by atoms with Gasteiger partial charge in [0.15, 0.2) is 17.5 Å².